The molecule has 130 valence electrons. The van der Waals surface area contributed by atoms with Crippen LogP contribution in [0.5, 0.6) is 0 Å². The molecule has 1 amide bonds. The number of anilines is 1. The summed E-state index contributed by atoms with van der Waals surface area (Å²) in [6, 6.07) is 10.4. The van der Waals surface area contributed by atoms with E-state index in [1.54, 1.807) is 18.0 Å². The maximum Gasteiger partial charge on any atom is 0.274 e. The fourth-order valence-corrected chi connectivity index (χ4v) is 3.48. The fraction of sp³-hybridized carbons (Fsp3) is 0.263. The summed E-state index contributed by atoms with van der Waals surface area (Å²) in [6.45, 7) is 4.94. The lowest BCUT2D eigenvalue weighted by atomic mass is 10.1. The largest absolute Gasteiger partial charge is 0.339 e. The van der Waals surface area contributed by atoms with Crippen LogP contribution in [0.15, 0.2) is 53.0 Å². The lowest BCUT2D eigenvalue weighted by Crippen LogP contribution is -2.17. The van der Waals surface area contributed by atoms with Crippen molar-refractivity contribution in [1.29, 1.82) is 0 Å². The van der Waals surface area contributed by atoms with Gasteiger partial charge in [0.1, 0.15) is 5.69 Å². The zero-order valence-electron chi connectivity index (χ0n) is 14.5. The lowest BCUT2D eigenvalue weighted by Gasteiger charge is -2.09. The van der Waals surface area contributed by atoms with E-state index < -0.39 is 0 Å². The van der Waals surface area contributed by atoms with Gasteiger partial charge in [-0.1, -0.05) is 26.0 Å². The van der Waals surface area contributed by atoms with E-state index in [2.05, 4.69) is 60.9 Å². The molecule has 0 aliphatic rings. The van der Waals surface area contributed by atoms with E-state index in [4.69, 9.17) is 0 Å². The highest BCUT2D eigenvalue weighted by Crippen LogP contribution is 2.22. The van der Waals surface area contributed by atoms with Crippen LogP contribution in [-0.2, 0) is 6.54 Å². The number of thioether (sulfide) groups is 1. The van der Waals surface area contributed by atoms with Crippen molar-refractivity contribution >= 4 is 34.1 Å². The first-order valence-corrected chi connectivity index (χ1v) is 10.2. The number of nitrogens with one attached hydrogen (secondary N) is 1. The van der Waals surface area contributed by atoms with Gasteiger partial charge >= 0.3 is 0 Å². The number of carbonyl (C=O) groups excluding carboxylic acids is 1. The molecular weight excluding hydrogens is 350 g/mol. The second-order valence-electron chi connectivity index (χ2n) is 6.08. The molecule has 1 N–H and O–H groups in total. The molecule has 0 fully saturated rings. The van der Waals surface area contributed by atoms with Gasteiger partial charge in [0.2, 0.25) is 0 Å². The van der Waals surface area contributed by atoms with Gasteiger partial charge in [0.25, 0.3) is 5.91 Å². The minimum atomic E-state index is -0.123. The van der Waals surface area contributed by atoms with E-state index in [1.165, 1.54) is 21.8 Å². The fourth-order valence-electron chi connectivity index (χ4n) is 2.54. The molecule has 2 heterocycles. The van der Waals surface area contributed by atoms with E-state index in [9.17, 15) is 4.79 Å². The minimum Gasteiger partial charge on any atom is -0.339 e. The first-order chi connectivity index (χ1) is 12.1. The number of hydrogen-bond acceptors (Lipinski definition) is 4. The normalized spacial score (nSPS) is 11.0. The SMILES string of the molecule is CSc1ccc(Cn2cc(C(C)C)cc2C(=O)Nc2nccs2)cc1. The number of benzene rings is 1. The quantitative estimate of drug-likeness (QED) is 0.614. The molecule has 3 rings (SSSR count). The van der Waals surface area contributed by atoms with Crippen LogP contribution in [0.25, 0.3) is 0 Å². The highest BCUT2D eigenvalue weighted by atomic mass is 32.2. The van der Waals surface area contributed by atoms with Crippen LogP contribution >= 0.6 is 23.1 Å². The van der Waals surface area contributed by atoms with Crippen LogP contribution < -0.4 is 5.32 Å². The standard InChI is InChI=1S/C19H21N3OS2/c1-13(2)15-10-17(18(23)21-19-20-8-9-25-19)22(12-15)11-14-4-6-16(24-3)7-5-14/h4-10,12-13H,11H2,1-3H3,(H,20,21,23). The van der Waals surface area contributed by atoms with Gasteiger partial charge in [-0.2, -0.15) is 0 Å². The topological polar surface area (TPSA) is 46.9 Å². The third-order valence-electron chi connectivity index (χ3n) is 3.98. The highest BCUT2D eigenvalue weighted by molar-refractivity contribution is 7.98. The summed E-state index contributed by atoms with van der Waals surface area (Å²) in [6.07, 6.45) is 5.83. The summed E-state index contributed by atoms with van der Waals surface area (Å²) in [7, 11) is 0. The van der Waals surface area contributed by atoms with Gasteiger partial charge in [0, 0.05) is 29.2 Å². The van der Waals surface area contributed by atoms with E-state index in [0.717, 1.165) is 5.56 Å². The molecule has 25 heavy (non-hydrogen) atoms. The van der Waals surface area contributed by atoms with Gasteiger partial charge in [-0.05, 0) is 41.5 Å². The molecule has 0 saturated heterocycles. The first kappa shape index (κ1) is 17.8. The predicted octanol–water partition coefficient (Wildman–Crippen LogP) is 5.09. The van der Waals surface area contributed by atoms with Gasteiger partial charge in [-0.3, -0.25) is 10.1 Å². The Morgan fingerprint density at radius 3 is 2.68 bits per heavy atom. The van der Waals surface area contributed by atoms with Gasteiger partial charge in [0.15, 0.2) is 5.13 Å². The number of rotatable bonds is 6. The van der Waals surface area contributed by atoms with E-state index in [1.807, 2.05) is 16.0 Å². The molecule has 1 aromatic carbocycles. The minimum absolute atomic E-state index is 0.123. The van der Waals surface area contributed by atoms with Gasteiger partial charge in [-0.15, -0.1) is 23.1 Å². The Morgan fingerprint density at radius 1 is 1.32 bits per heavy atom. The highest BCUT2D eigenvalue weighted by Gasteiger charge is 2.16. The van der Waals surface area contributed by atoms with Crippen molar-refractivity contribution in [3.8, 4) is 0 Å². The molecule has 0 aliphatic heterocycles. The molecule has 0 unspecified atom stereocenters. The molecule has 0 radical (unpaired) electrons. The zero-order chi connectivity index (χ0) is 17.8. The van der Waals surface area contributed by atoms with E-state index in [-0.39, 0.29) is 5.91 Å². The first-order valence-electron chi connectivity index (χ1n) is 8.10. The maximum atomic E-state index is 12.7. The number of aromatic nitrogens is 2. The van der Waals surface area contributed by atoms with Crippen molar-refractivity contribution in [3.63, 3.8) is 0 Å². The Balaban J connectivity index is 1.87. The third kappa shape index (κ3) is 4.32. The maximum absolute atomic E-state index is 12.7. The van der Waals surface area contributed by atoms with E-state index >= 15 is 0 Å². The molecule has 3 aromatic rings. The van der Waals surface area contributed by atoms with Crippen molar-refractivity contribution < 1.29 is 4.79 Å². The van der Waals surface area contributed by atoms with Gasteiger partial charge in [0.05, 0.1) is 0 Å². The smallest absolute Gasteiger partial charge is 0.274 e. The number of amides is 1. The zero-order valence-corrected chi connectivity index (χ0v) is 16.2. The molecule has 0 bridgehead atoms. The second kappa shape index (κ2) is 7.89. The van der Waals surface area contributed by atoms with Crippen LogP contribution in [0.1, 0.15) is 41.4 Å². The molecule has 6 heteroatoms. The summed E-state index contributed by atoms with van der Waals surface area (Å²) in [5.74, 6) is 0.245. The summed E-state index contributed by atoms with van der Waals surface area (Å²) < 4.78 is 2.02. The average molecular weight is 372 g/mol. The molecule has 2 aromatic heterocycles. The Bertz CT molecular complexity index is 836. The Hall–Kier alpha value is -2.05. The average Bonchev–Trinajstić information content (AvgIpc) is 3.25. The van der Waals surface area contributed by atoms with Crippen LogP contribution in [-0.4, -0.2) is 21.7 Å². The number of nitrogens with zero attached hydrogens (tertiary/aromatic N) is 2. The third-order valence-corrected chi connectivity index (χ3v) is 5.41. The number of thiazole rings is 1. The summed E-state index contributed by atoms with van der Waals surface area (Å²) in [5, 5.41) is 5.35. The molecule has 0 atom stereocenters. The molecular formula is C19H21N3OS2. The second-order valence-corrected chi connectivity index (χ2v) is 7.85. The Morgan fingerprint density at radius 2 is 2.08 bits per heavy atom. The Kier molecular flexibility index (Phi) is 5.60. The van der Waals surface area contributed by atoms with Gasteiger partial charge < -0.3 is 4.57 Å². The van der Waals surface area contributed by atoms with Crippen molar-refractivity contribution in [2.45, 2.75) is 31.2 Å². The Labute approximate surface area is 156 Å². The lowest BCUT2D eigenvalue weighted by molar-refractivity contribution is 0.101. The van der Waals surface area contributed by atoms with Crippen molar-refractivity contribution in [1.82, 2.24) is 9.55 Å². The van der Waals surface area contributed by atoms with Crippen molar-refractivity contribution in [2.24, 2.45) is 0 Å². The summed E-state index contributed by atoms with van der Waals surface area (Å²) >= 11 is 3.14. The van der Waals surface area contributed by atoms with Crippen LogP contribution in [0.3, 0.4) is 0 Å². The number of carbonyl (C=O) groups is 1. The molecule has 0 saturated carbocycles. The summed E-state index contributed by atoms with van der Waals surface area (Å²) in [4.78, 5) is 18.1. The van der Waals surface area contributed by atoms with Gasteiger partial charge in [-0.25, -0.2) is 4.98 Å². The van der Waals surface area contributed by atoms with Crippen LogP contribution in [0.2, 0.25) is 0 Å². The summed E-state index contributed by atoms with van der Waals surface area (Å²) in [5.41, 5.74) is 2.99. The predicted molar refractivity (Wildman–Crippen MR) is 106 cm³/mol. The van der Waals surface area contributed by atoms with Crippen LogP contribution in [0.4, 0.5) is 5.13 Å². The molecule has 4 nitrogen and oxygen atoms in total. The van der Waals surface area contributed by atoms with Crippen molar-refractivity contribution in [3.05, 3.63) is 64.9 Å². The van der Waals surface area contributed by atoms with Crippen LogP contribution in [0, 0.1) is 0 Å². The van der Waals surface area contributed by atoms with E-state index in [0.29, 0.717) is 23.3 Å². The molecule has 0 aliphatic carbocycles. The number of hydrogen-bond donors (Lipinski definition) is 1. The molecule has 0 spiro atoms. The monoisotopic (exact) mass is 371 g/mol. The van der Waals surface area contributed by atoms with Crippen molar-refractivity contribution in [2.75, 3.05) is 11.6 Å².